The molecule has 1 aromatic heterocycles. The van der Waals surface area contributed by atoms with Crippen LogP contribution in [0.3, 0.4) is 0 Å². The summed E-state index contributed by atoms with van der Waals surface area (Å²) >= 11 is 0. The number of Topliss-reactive ketones (excluding diaryl/α,β-unsaturated/α-hetero) is 1. The zero-order valence-corrected chi connectivity index (χ0v) is 10.5. The summed E-state index contributed by atoms with van der Waals surface area (Å²) < 4.78 is 0. The zero-order chi connectivity index (χ0) is 12.3. The molecule has 0 saturated carbocycles. The van der Waals surface area contributed by atoms with Crippen LogP contribution in [-0.2, 0) is 16.6 Å². The minimum absolute atomic E-state index is 0.00955. The number of hydrogen-bond acceptors (Lipinski definition) is 3. The molecule has 0 aliphatic heterocycles. The predicted molar refractivity (Wildman–Crippen MR) is 66.4 cm³/mol. The molecule has 0 saturated heterocycles. The van der Waals surface area contributed by atoms with E-state index in [2.05, 4.69) is 25.8 Å². The van der Waals surface area contributed by atoms with Crippen LogP contribution in [0.1, 0.15) is 45.4 Å². The van der Waals surface area contributed by atoms with Gasteiger partial charge in [0.1, 0.15) is 5.78 Å². The standard InChI is InChI=1S/C13H20N2O/c1-5-10(16)6-9-7-12(14)11(8-15-9)13(2,3)4/h7-8H,5-6H2,1-4H3,(H2,14,15). The number of carbonyl (C=O) groups excluding carboxylic acids is 1. The molecule has 0 aliphatic carbocycles. The van der Waals surface area contributed by atoms with Crippen molar-refractivity contribution in [1.82, 2.24) is 4.98 Å². The molecule has 0 spiro atoms. The predicted octanol–water partition coefficient (Wildman–Crippen LogP) is 2.48. The van der Waals surface area contributed by atoms with Gasteiger partial charge in [-0.05, 0) is 17.0 Å². The lowest BCUT2D eigenvalue weighted by Gasteiger charge is -2.20. The zero-order valence-electron chi connectivity index (χ0n) is 10.5. The number of aromatic nitrogens is 1. The molecule has 0 fully saturated rings. The molecular formula is C13H20N2O. The smallest absolute Gasteiger partial charge is 0.138 e. The van der Waals surface area contributed by atoms with Gasteiger partial charge in [0.25, 0.3) is 0 Å². The Morgan fingerprint density at radius 3 is 2.50 bits per heavy atom. The molecular weight excluding hydrogens is 200 g/mol. The number of anilines is 1. The Kier molecular flexibility index (Phi) is 3.68. The highest BCUT2D eigenvalue weighted by Crippen LogP contribution is 2.27. The lowest BCUT2D eigenvalue weighted by molar-refractivity contribution is -0.118. The van der Waals surface area contributed by atoms with Crippen molar-refractivity contribution < 1.29 is 4.79 Å². The van der Waals surface area contributed by atoms with Crippen LogP contribution in [0.2, 0.25) is 0 Å². The molecule has 1 rings (SSSR count). The van der Waals surface area contributed by atoms with Gasteiger partial charge in [-0.25, -0.2) is 0 Å². The summed E-state index contributed by atoms with van der Waals surface area (Å²) in [5.74, 6) is 0.190. The van der Waals surface area contributed by atoms with Gasteiger partial charge in [-0.1, -0.05) is 27.7 Å². The molecule has 3 heteroatoms. The first-order chi connectivity index (χ1) is 7.34. The van der Waals surface area contributed by atoms with E-state index < -0.39 is 0 Å². The second-order valence-electron chi connectivity index (χ2n) is 5.08. The Bertz CT molecular complexity index is 391. The van der Waals surface area contributed by atoms with E-state index >= 15 is 0 Å². The Hall–Kier alpha value is -1.38. The van der Waals surface area contributed by atoms with Gasteiger partial charge in [0, 0.05) is 30.4 Å². The molecule has 1 aromatic rings. The van der Waals surface area contributed by atoms with Crippen molar-refractivity contribution in [2.24, 2.45) is 0 Å². The number of ketones is 1. The van der Waals surface area contributed by atoms with Crippen LogP contribution in [0.15, 0.2) is 12.3 Å². The third-order valence-corrected chi connectivity index (χ3v) is 2.57. The van der Waals surface area contributed by atoms with Crippen LogP contribution in [0.25, 0.3) is 0 Å². The molecule has 0 unspecified atom stereocenters. The fraction of sp³-hybridized carbons (Fsp3) is 0.538. The Labute approximate surface area is 97.1 Å². The molecule has 0 aliphatic rings. The van der Waals surface area contributed by atoms with Crippen LogP contribution in [0.4, 0.5) is 5.69 Å². The molecule has 1 heterocycles. The summed E-state index contributed by atoms with van der Waals surface area (Å²) in [6.07, 6.45) is 2.71. The van der Waals surface area contributed by atoms with E-state index in [1.165, 1.54) is 0 Å². The third kappa shape index (κ3) is 3.05. The summed E-state index contributed by atoms with van der Waals surface area (Å²) in [4.78, 5) is 15.6. The van der Waals surface area contributed by atoms with Gasteiger partial charge in [0.05, 0.1) is 0 Å². The minimum Gasteiger partial charge on any atom is -0.398 e. The largest absolute Gasteiger partial charge is 0.398 e. The number of rotatable bonds is 3. The van der Waals surface area contributed by atoms with Crippen LogP contribution in [0.5, 0.6) is 0 Å². The lowest BCUT2D eigenvalue weighted by atomic mass is 9.87. The van der Waals surface area contributed by atoms with Gasteiger partial charge in [-0.2, -0.15) is 0 Å². The number of hydrogen-bond donors (Lipinski definition) is 1. The van der Waals surface area contributed by atoms with Crippen molar-refractivity contribution in [3.63, 3.8) is 0 Å². The van der Waals surface area contributed by atoms with Crippen molar-refractivity contribution in [3.05, 3.63) is 23.5 Å². The molecule has 0 bridgehead atoms. The van der Waals surface area contributed by atoms with E-state index in [4.69, 9.17) is 5.73 Å². The number of carbonyl (C=O) groups is 1. The SMILES string of the molecule is CCC(=O)Cc1cc(N)c(C(C)(C)C)cn1. The van der Waals surface area contributed by atoms with E-state index in [-0.39, 0.29) is 11.2 Å². The fourth-order valence-corrected chi connectivity index (χ4v) is 1.57. The maximum Gasteiger partial charge on any atom is 0.138 e. The Morgan fingerprint density at radius 1 is 1.44 bits per heavy atom. The normalized spacial score (nSPS) is 11.5. The van der Waals surface area contributed by atoms with Gasteiger partial charge < -0.3 is 5.73 Å². The van der Waals surface area contributed by atoms with Crippen molar-refractivity contribution in [1.29, 1.82) is 0 Å². The van der Waals surface area contributed by atoms with E-state index in [9.17, 15) is 4.79 Å². The third-order valence-electron chi connectivity index (χ3n) is 2.57. The second kappa shape index (κ2) is 4.64. The number of nitrogens with zero attached hydrogens (tertiary/aromatic N) is 1. The minimum atomic E-state index is -0.00955. The summed E-state index contributed by atoms with van der Waals surface area (Å²) in [5.41, 5.74) is 8.48. The first-order valence-corrected chi connectivity index (χ1v) is 5.61. The van der Waals surface area contributed by atoms with E-state index in [0.717, 1.165) is 16.9 Å². The maximum atomic E-state index is 11.3. The van der Waals surface area contributed by atoms with Crippen LogP contribution in [-0.4, -0.2) is 10.8 Å². The first-order valence-electron chi connectivity index (χ1n) is 5.61. The highest BCUT2D eigenvalue weighted by atomic mass is 16.1. The van der Waals surface area contributed by atoms with Crippen LogP contribution in [0, 0.1) is 0 Å². The van der Waals surface area contributed by atoms with E-state index in [0.29, 0.717) is 12.8 Å². The van der Waals surface area contributed by atoms with E-state index in [1.54, 1.807) is 6.20 Å². The molecule has 0 atom stereocenters. The topological polar surface area (TPSA) is 56.0 Å². The van der Waals surface area contributed by atoms with Gasteiger partial charge in [-0.15, -0.1) is 0 Å². The summed E-state index contributed by atoms with van der Waals surface area (Å²) in [5, 5.41) is 0. The molecule has 0 aromatic carbocycles. The second-order valence-corrected chi connectivity index (χ2v) is 5.08. The number of nitrogens with two attached hydrogens (primary N) is 1. The van der Waals surface area contributed by atoms with Gasteiger partial charge >= 0.3 is 0 Å². The Balaban J connectivity index is 2.96. The maximum absolute atomic E-state index is 11.3. The van der Waals surface area contributed by atoms with Crippen molar-refractivity contribution in [3.8, 4) is 0 Å². The monoisotopic (exact) mass is 220 g/mol. The van der Waals surface area contributed by atoms with Crippen molar-refractivity contribution in [2.75, 3.05) is 5.73 Å². The first kappa shape index (κ1) is 12.7. The quantitative estimate of drug-likeness (QED) is 0.851. The van der Waals surface area contributed by atoms with Gasteiger partial charge in [-0.3, -0.25) is 9.78 Å². The number of pyridine rings is 1. The van der Waals surface area contributed by atoms with Crippen molar-refractivity contribution >= 4 is 11.5 Å². The van der Waals surface area contributed by atoms with E-state index in [1.807, 2.05) is 13.0 Å². The van der Waals surface area contributed by atoms with Gasteiger partial charge in [0.15, 0.2) is 0 Å². The fourth-order valence-electron chi connectivity index (χ4n) is 1.57. The van der Waals surface area contributed by atoms with Crippen molar-refractivity contribution in [2.45, 2.75) is 46.0 Å². The average Bonchev–Trinajstić information content (AvgIpc) is 2.15. The molecule has 3 nitrogen and oxygen atoms in total. The van der Waals surface area contributed by atoms with Crippen LogP contribution < -0.4 is 5.73 Å². The van der Waals surface area contributed by atoms with Crippen LogP contribution >= 0.6 is 0 Å². The molecule has 2 N–H and O–H groups in total. The molecule has 16 heavy (non-hydrogen) atoms. The molecule has 0 amide bonds. The highest BCUT2D eigenvalue weighted by molar-refractivity contribution is 5.80. The summed E-state index contributed by atoms with van der Waals surface area (Å²) in [7, 11) is 0. The Morgan fingerprint density at radius 2 is 2.06 bits per heavy atom. The average molecular weight is 220 g/mol. The summed E-state index contributed by atoms with van der Waals surface area (Å²) in [6, 6.07) is 1.81. The summed E-state index contributed by atoms with van der Waals surface area (Å²) in [6.45, 7) is 8.14. The molecule has 0 radical (unpaired) electrons. The lowest BCUT2D eigenvalue weighted by Crippen LogP contribution is -2.15. The number of nitrogen functional groups attached to an aromatic ring is 1. The van der Waals surface area contributed by atoms with Gasteiger partial charge in [0.2, 0.25) is 0 Å². The highest BCUT2D eigenvalue weighted by Gasteiger charge is 2.17. The molecule has 88 valence electrons.